The maximum Gasteiger partial charge on any atom is 0.332 e. The van der Waals surface area contributed by atoms with Crippen molar-refractivity contribution in [3.63, 3.8) is 0 Å². The molecule has 0 aliphatic rings. The molecule has 0 N–H and O–H groups in total. The quantitative estimate of drug-likeness (QED) is 0.383. The van der Waals surface area contributed by atoms with Gasteiger partial charge in [-0.25, -0.2) is 9.18 Å². The van der Waals surface area contributed by atoms with E-state index in [1.807, 2.05) is 16.7 Å². The molecule has 0 atom stereocenters. The van der Waals surface area contributed by atoms with Crippen LogP contribution in [0.1, 0.15) is 5.56 Å². The van der Waals surface area contributed by atoms with Crippen molar-refractivity contribution < 1.29 is 13.9 Å². The molecule has 0 aliphatic heterocycles. The maximum atomic E-state index is 13.6. The third-order valence-corrected chi connectivity index (χ3v) is 5.88. The summed E-state index contributed by atoms with van der Waals surface area (Å²) in [5, 5.41) is 0. The van der Waals surface area contributed by atoms with Gasteiger partial charge < -0.3 is 4.74 Å². The molecule has 0 bridgehead atoms. The van der Waals surface area contributed by atoms with Crippen LogP contribution in [0, 0.1) is 5.82 Å². The van der Waals surface area contributed by atoms with Crippen LogP contribution in [0.5, 0.6) is 0 Å². The number of methoxy groups -OCH3 is 1. The van der Waals surface area contributed by atoms with Gasteiger partial charge in [0.1, 0.15) is 5.82 Å². The van der Waals surface area contributed by atoms with Gasteiger partial charge in [0.15, 0.2) is 11.2 Å². The first-order valence-electron chi connectivity index (χ1n) is 10.4. The topological polar surface area (TPSA) is 92.5 Å². The van der Waals surface area contributed by atoms with Crippen molar-refractivity contribution in [1.82, 2.24) is 23.1 Å². The number of hydrogen-bond acceptors (Lipinski definition) is 5. The molecule has 0 saturated carbocycles. The van der Waals surface area contributed by atoms with Gasteiger partial charge in [0.2, 0.25) is 5.78 Å². The number of rotatable bonds is 4. The Hall–Kier alpha value is -4.47. The van der Waals surface area contributed by atoms with E-state index in [2.05, 4.69) is 4.98 Å². The Kier molecular flexibility index (Phi) is 4.93. The zero-order chi connectivity index (χ0) is 24.1. The van der Waals surface area contributed by atoms with Crippen LogP contribution in [0.3, 0.4) is 0 Å². The van der Waals surface area contributed by atoms with Crippen LogP contribution in [0.15, 0.2) is 64.3 Å². The first-order chi connectivity index (χ1) is 16.3. The average Bonchev–Trinajstić information content (AvgIpc) is 3.39. The minimum absolute atomic E-state index is 0.133. The minimum atomic E-state index is -0.476. The number of fused-ring (bicyclic) bond motifs is 3. The summed E-state index contributed by atoms with van der Waals surface area (Å²) in [4.78, 5) is 41.7. The third-order valence-electron chi connectivity index (χ3n) is 5.88. The molecule has 172 valence electrons. The second kappa shape index (κ2) is 7.84. The van der Waals surface area contributed by atoms with Gasteiger partial charge in [-0.3, -0.25) is 27.7 Å². The molecule has 0 amide bonds. The van der Waals surface area contributed by atoms with Crippen molar-refractivity contribution in [2.75, 3.05) is 7.11 Å². The summed E-state index contributed by atoms with van der Waals surface area (Å²) in [7, 11) is 4.31. The van der Waals surface area contributed by atoms with Crippen LogP contribution in [0.2, 0.25) is 0 Å². The van der Waals surface area contributed by atoms with E-state index >= 15 is 0 Å². The molecule has 0 fully saturated rings. The highest BCUT2D eigenvalue weighted by molar-refractivity contribution is 5.79. The molecule has 0 radical (unpaired) electrons. The number of aromatic nitrogens is 5. The van der Waals surface area contributed by atoms with Crippen molar-refractivity contribution in [2.24, 2.45) is 14.1 Å². The standard InChI is InChI=1S/C24H20FN5O4/c1-27-21-20(22(32)28(2)24(27)33)29-13-18(15-6-8-16(25)9-7-15)30(23(29)26-21)17-10-4-14(5-11-17)12-19(31)34-3/h4-11,13H,12H2,1-3H3. The number of hydrogen-bond donors (Lipinski definition) is 0. The zero-order valence-electron chi connectivity index (χ0n) is 18.7. The number of imidazole rings is 2. The van der Waals surface area contributed by atoms with Crippen molar-refractivity contribution in [2.45, 2.75) is 6.42 Å². The first kappa shape index (κ1) is 21.4. The fourth-order valence-corrected chi connectivity index (χ4v) is 4.05. The molecule has 5 rings (SSSR count). The molecule has 0 saturated heterocycles. The Morgan fingerprint density at radius 1 is 1.00 bits per heavy atom. The van der Waals surface area contributed by atoms with Crippen LogP contribution >= 0.6 is 0 Å². The van der Waals surface area contributed by atoms with Gasteiger partial charge in [-0.15, -0.1) is 0 Å². The molecule has 0 aliphatic carbocycles. The normalized spacial score (nSPS) is 11.4. The molecule has 3 heterocycles. The van der Waals surface area contributed by atoms with Crippen molar-refractivity contribution in [3.05, 3.63) is 86.9 Å². The van der Waals surface area contributed by atoms with Crippen molar-refractivity contribution in [3.8, 4) is 16.9 Å². The van der Waals surface area contributed by atoms with Gasteiger partial charge in [0.05, 0.1) is 19.2 Å². The first-order valence-corrected chi connectivity index (χ1v) is 10.4. The largest absolute Gasteiger partial charge is 0.469 e. The van der Waals surface area contributed by atoms with Gasteiger partial charge in [0.25, 0.3) is 5.56 Å². The molecule has 2 aromatic carbocycles. The van der Waals surface area contributed by atoms with Crippen LogP contribution in [-0.2, 0) is 30.0 Å². The molecule has 34 heavy (non-hydrogen) atoms. The van der Waals surface area contributed by atoms with Crippen molar-refractivity contribution in [1.29, 1.82) is 0 Å². The summed E-state index contributed by atoms with van der Waals surface area (Å²) in [5.41, 5.74) is 2.42. The minimum Gasteiger partial charge on any atom is -0.469 e. The van der Waals surface area contributed by atoms with Crippen molar-refractivity contribution >= 4 is 22.9 Å². The lowest BCUT2D eigenvalue weighted by Gasteiger charge is -2.10. The number of aryl methyl sites for hydroxylation is 1. The Bertz CT molecular complexity index is 1690. The summed E-state index contributed by atoms with van der Waals surface area (Å²) in [5.74, 6) is -0.305. The zero-order valence-corrected chi connectivity index (χ0v) is 18.7. The van der Waals surface area contributed by atoms with Crippen LogP contribution in [0.25, 0.3) is 33.9 Å². The van der Waals surface area contributed by atoms with E-state index < -0.39 is 11.2 Å². The van der Waals surface area contributed by atoms with Crippen LogP contribution in [0.4, 0.5) is 4.39 Å². The molecule has 0 unspecified atom stereocenters. The van der Waals surface area contributed by atoms with E-state index in [4.69, 9.17) is 4.74 Å². The number of carbonyl (C=O) groups is 1. The van der Waals surface area contributed by atoms with E-state index in [-0.39, 0.29) is 29.4 Å². The summed E-state index contributed by atoms with van der Waals surface area (Å²) in [6.07, 6.45) is 1.88. The SMILES string of the molecule is COC(=O)Cc1ccc(-n2c(-c3ccc(F)cc3)cn3c4c(=O)n(C)c(=O)n(C)c4nc23)cc1. The van der Waals surface area contributed by atoms with Gasteiger partial charge in [-0.05, 0) is 42.0 Å². The molecular formula is C24H20FN5O4. The molecule has 0 spiro atoms. The van der Waals surface area contributed by atoms with Crippen LogP contribution < -0.4 is 11.2 Å². The van der Waals surface area contributed by atoms with E-state index in [9.17, 15) is 18.8 Å². The van der Waals surface area contributed by atoms with E-state index in [1.54, 1.807) is 41.9 Å². The monoisotopic (exact) mass is 461 g/mol. The number of halogens is 1. The number of carbonyl (C=O) groups excluding carboxylic acids is 1. The smallest absolute Gasteiger partial charge is 0.332 e. The molecule has 5 aromatic rings. The highest BCUT2D eigenvalue weighted by atomic mass is 19.1. The Labute approximate surface area is 191 Å². The van der Waals surface area contributed by atoms with Gasteiger partial charge in [0, 0.05) is 31.5 Å². The average molecular weight is 461 g/mol. The molecular weight excluding hydrogens is 441 g/mol. The Morgan fingerprint density at radius 2 is 1.68 bits per heavy atom. The molecule has 3 aromatic heterocycles. The van der Waals surface area contributed by atoms with E-state index in [1.165, 1.54) is 30.9 Å². The highest BCUT2D eigenvalue weighted by Crippen LogP contribution is 2.29. The van der Waals surface area contributed by atoms with Gasteiger partial charge >= 0.3 is 11.7 Å². The summed E-state index contributed by atoms with van der Waals surface area (Å²) < 4.78 is 24.1. The van der Waals surface area contributed by atoms with Gasteiger partial charge in [-0.1, -0.05) is 12.1 Å². The third kappa shape index (κ3) is 3.22. The number of benzene rings is 2. The second-order valence-electron chi connectivity index (χ2n) is 7.94. The fourth-order valence-electron chi connectivity index (χ4n) is 4.05. The summed E-state index contributed by atoms with van der Waals surface area (Å²) in [6, 6.07) is 13.2. The molecule has 10 heteroatoms. The van der Waals surface area contributed by atoms with Crippen LogP contribution in [-0.4, -0.2) is 36.2 Å². The number of ether oxygens (including phenoxy) is 1. The summed E-state index contributed by atoms with van der Waals surface area (Å²) in [6.45, 7) is 0. The fraction of sp³-hybridized carbons (Fsp3) is 0.167. The Morgan fingerprint density at radius 3 is 2.32 bits per heavy atom. The lowest BCUT2D eigenvalue weighted by Crippen LogP contribution is -2.37. The molecule has 9 nitrogen and oxygen atoms in total. The Balaban J connectivity index is 1.81. The van der Waals surface area contributed by atoms with Gasteiger partial charge in [-0.2, -0.15) is 4.98 Å². The number of nitrogens with zero attached hydrogens (tertiary/aromatic N) is 5. The number of esters is 1. The maximum absolute atomic E-state index is 13.6. The second-order valence-corrected chi connectivity index (χ2v) is 7.94. The lowest BCUT2D eigenvalue weighted by molar-refractivity contribution is -0.139. The van der Waals surface area contributed by atoms with E-state index in [0.717, 1.165) is 10.1 Å². The predicted molar refractivity (Wildman–Crippen MR) is 124 cm³/mol. The van der Waals surface area contributed by atoms with E-state index in [0.29, 0.717) is 22.7 Å². The lowest BCUT2D eigenvalue weighted by atomic mass is 10.1. The summed E-state index contributed by atoms with van der Waals surface area (Å²) >= 11 is 0. The highest BCUT2D eigenvalue weighted by Gasteiger charge is 2.21. The predicted octanol–water partition coefficient (Wildman–Crippen LogP) is 2.20.